The first-order chi connectivity index (χ1) is 13.9. The number of fused-ring (bicyclic) bond motifs is 1. The summed E-state index contributed by atoms with van der Waals surface area (Å²) in [7, 11) is 0. The Labute approximate surface area is 160 Å². The highest BCUT2D eigenvalue weighted by Crippen LogP contribution is 2.32. The molecule has 0 radical (unpaired) electrons. The molecule has 0 aliphatic rings. The molecule has 0 amide bonds. The summed E-state index contributed by atoms with van der Waals surface area (Å²) in [4.78, 5) is 16.9. The number of rotatable bonds is 3. The number of hydrogen-bond acceptors (Lipinski definition) is 6. The van der Waals surface area contributed by atoms with Crippen LogP contribution in [0.1, 0.15) is 11.1 Å². The number of aliphatic imine (C=N–C) groups is 1. The summed E-state index contributed by atoms with van der Waals surface area (Å²) < 4.78 is 40.1. The van der Waals surface area contributed by atoms with Gasteiger partial charge in [0.2, 0.25) is 5.88 Å². The molecule has 0 unspecified atom stereocenters. The Balaban J connectivity index is 2.00. The smallest absolute Gasteiger partial charge is 0.416 e. The van der Waals surface area contributed by atoms with E-state index < -0.39 is 23.2 Å². The largest absolute Gasteiger partial charge is 0.494 e. The van der Waals surface area contributed by atoms with Gasteiger partial charge in [-0.1, -0.05) is 29.4 Å². The Hall–Kier alpha value is -4.02. The highest BCUT2D eigenvalue weighted by atomic mass is 19.4. The predicted octanol–water partition coefficient (Wildman–Crippen LogP) is 2.98. The van der Waals surface area contributed by atoms with Gasteiger partial charge in [-0.05, 0) is 29.5 Å². The molecule has 2 aromatic heterocycles. The van der Waals surface area contributed by atoms with Gasteiger partial charge in [-0.15, -0.1) is 5.10 Å². The molecular weight excluding hydrogens is 389 g/mol. The summed E-state index contributed by atoms with van der Waals surface area (Å²) in [6.07, 6.45) is -3.39. The molecule has 0 saturated heterocycles. The molecule has 2 heterocycles. The Morgan fingerprint density at radius 2 is 1.86 bits per heavy atom. The minimum Gasteiger partial charge on any atom is -0.494 e. The third-order valence-corrected chi connectivity index (χ3v) is 4.18. The molecule has 2 aromatic carbocycles. The van der Waals surface area contributed by atoms with Crippen molar-refractivity contribution < 1.29 is 18.3 Å². The maximum Gasteiger partial charge on any atom is 0.416 e. The van der Waals surface area contributed by atoms with Crippen LogP contribution < -0.4 is 5.56 Å². The van der Waals surface area contributed by atoms with E-state index in [0.29, 0.717) is 5.39 Å². The topological polar surface area (TPSA) is 109 Å². The van der Waals surface area contributed by atoms with Crippen LogP contribution in [0.5, 0.6) is 5.88 Å². The molecule has 8 nitrogen and oxygen atoms in total. The molecule has 0 saturated carbocycles. The summed E-state index contributed by atoms with van der Waals surface area (Å²) >= 11 is 0. The molecule has 2 N–H and O–H groups in total. The van der Waals surface area contributed by atoms with Crippen LogP contribution in [0.3, 0.4) is 0 Å². The van der Waals surface area contributed by atoms with Gasteiger partial charge in [0.05, 0.1) is 16.8 Å². The Morgan fingerprint density at radius 3 is 2.55 bits per heavy atom. The fourth-order valence-electron chi connectivity index (χ4n) is 2.88. The van der Waals surface area contributed by atoms with Crippen molar-refractivity contribution in [3.63, 3.8) is 0 Å². The maximum atomic E-state index is 13.1. The predicted molar refractivity (Wildman–Crippen MR) is 97.6 cm³/mol. The quantitative estimate of drug-likeness (QED) is 0.514. The van der Waals surface area contributed by atoms with Gasteiger partial charge in [0.25, 0.3) is 11.5 Å². The van der Waals surface area contributed by atoms with E-state index in [4.69, 9.17) is 0 Å². The van der Waals surface area contributed by atoms with E-state index in [1.54, 1.807) is 18.2 Å². The van der Waals surface area contributed by atoms with Crippen LogP contribution in [-0.2, 0) is 6.18 Å². The summed E-state index contributed by atoms with van der Waals surface area (Å²) in [5, 5.41) is 24.2. The molecule has 4 aromatic rings. The van der Waals surface area contributed by atoms with Crippen molar-refractivity contribution in [3.05, 3.63) is 70.0 Å². The van der Waals surface area contributed by atoms with Gasteiger partial charge in [-0.25, -0.2) is 9.56 Å². The van der Waals surface area contributed by atoms with Gasteiger partial charge >= 0.3 is 6.18 Å². The number of nitrogens with zero attached hydrogens (tertiary/aromatic N) is 5. The fourth-order valence-corrected chi connectivity index (χ4v) is 2.88. The Bertz CT molecular complexity index is 1280. The summed E-state index contributed by atoms with van der Waals surface area (Å²) in [5.41, 5.74) is -1.64. The summed E-state index contributed by atoms with van der Waals surface area (Å²) in [6, 6.07) is 10.5. The van der Waals surface area contributed by atoms with E-state index in [1.165, 1.54) is 18.3 Å². The number of alkyl halides is 3. The van der Waals surface area contributed by atoms with E-state index in [2.05, 4.69) is 25.6 Å². The first-order valence-electron chi connectivity index (χ1n) is 8.18. The third-order valence-electron chi connectivity index (χ3n) is 4.18. The lowest BCUT2D eigenvalue weighted by Crippen LogP contribution is -2.20. The number of tetrazole rings is 1. The van der Waals surface area contributed by atoms with Crippen molar-refractivity contribution in [2.24, 2.45) is 4.99 Å². The van der Waals surface area contributed by atoms with Crippen LogP contribution in [-0.4, -0.2) is 36.5 Å². The number of hydrogen-bond donors (Lipinski definition) is 2. The van der Waals surface area contributed by atoms with Gasteiger partial charge < -0.3 is 5.11 Å². The second kappa shape index (κ2) is 6.86. The molecule has 0 aliphatic carbocycles. The van der Waals surface area contributed by atoms with Crippen LogP contribution in [0.15, 0.2) is 58.3 Å². The SMILES string of the molecule is O=c1c2ccccc2c(C=Nc2nn[nH]n2)c(O)n1-c1cccc(C(F)(F)F)c1. The summed E-state index contributed by atoms with van der Waals surface area (Å²) in [5.74, 6) is -0.592. The molecule has 0 bridgehead atoms. The molecule has 0 atom stereocenters. The van der Waals surface area contributed by atoms with Crippen molar-refractivity contribution >= 4 is 22.9 Å². The zero-order valence-electron chi connectivity index (χ0n) is 14.4. The number of H-pyrrole nitrogens is 1. The van der Waals surface area contributed by atoms with Crippen LogP contribution >= 0.6 is 0 Å². The normalized spacial score (nSPS) is 12.1. The second-order valence-corrected chi connectivity index (χ2v) is 5.94. The average Bonchev–Trinajstić information content (AvgIpc) is 3.21. The van der Waals surface area contributed by atoms with Gasteiger partial charge in [0.15, 0.2) is 0 Å². The van der Waals surface area contributed by atoms with Crippen LogP contribution in [0.4, 0.5) is 19.1 Å². The number of aromatic nitrogens is 5. The van der Waals surface area contributed by atoms with Crippen molar-refractivity contribution in [3.8, 4) is 11.6 Å². The fraction of sp³-hybridized carbons (Fsp3) is 0.0556. The molecular formula is C18H11F3N6O2. The minimum absolute atomic E-state index is 0.0229. The zero-order valence-corrected chi connectivity index (χ0v) is 14.4. The van der Waals surface area contributed by atoms with Crippen LogP contribution in [0.25, 0.3) is 16.5 Å². The average molecular weight is 400 g/mol. The third kappa shape index (κ3) is 3.33. The second-order valence-electron chi connectivity index (χ2n) is 5.94. The van der Waals surface area contributed by atoms with E-state index >= 15 is 0 Å². The van der Waals surface area contributed by atoms with Crippen molar-refractivity contribution in [1.29, 1.82) is 0 Å². The summed E-state index contributed by atoms with van der Waals surface area (Å²) in [6.45, 7) is 0. The zero-order chi connectivity index (χ0) is 20.6. The standard InChI is InChI=1S/C18H11F3N6O2/c19-18(20,21)10-4-3-5-11(8-10)27-15(28)13-7-2-1-6-12(13)14(16(27)29)9-22-17-23-25-26-24-17/h1-9,29H,(H,23,24,25,26). The molecule has 4 rings (SSSR count). The monoisotopic (exact) mass is 400 g/mol. The van der Waals surface area contributed by atoms with Crippen molar-refractivity contribution in [1.82, 2.24) is 25.2 Å². The minimum atomic E-state index is -4.60. The lowest BCUT2D eigenvalue weighted by atomic mass is 10.1. The first-order valence-corrected chi connectivity index (χ1v) is 8.18. The van der Waals surface area contributed by atoms with E-state index in [0.717, 1.165) is 22.8 Å². The first kappa shape index (κ1) is 18.3. The van der Waals surface area contributed by atoms with Crippen LogP contribution in [0.2, 0.25) is 0 Å². The lowest BCUT2D eigenvalue weighted by Gasteiger charge is -2.15. The van der Waals surface area contributed by atoms with E-state index in [-0.39, 0.29) is 22.6 Å². The number of aromatic hydroxyl groups is 1. The number of aromatic amines is 1. The highest BCUT2D eigenvalue weighted by Gasteiger charge is 2.31. The van der Waals surface area contributed by atoms with Crippen LogP contribution in [0, 0.1) is 0 Å². The van der Waals surface area contributed by atoms with Crippen molar-refractivity contribution in [2.75, 3.05) is 0 Å². The number of halogens is 3. The van der Waals surface area contributed by atoms with Gasteiger partial charge in [0, 0.05) is 17.0 Å². The van der Waals surface area contributed by atoms with Crippen molar-refractivity contribution in [2.45, 2.75) is 6.18 Å². The Kier molecular flexibility index (Phi) is 4.34. The number of pyridine rings is 1. The van der Waals surface area contributed by atoms with E-state index in [9.17, 15) is 23.1 Å². The Morgan fingerprint density at radius 1 is 1.10 bits per heavy atom. The molecule has 0 fully saturated rings. The van der Waals surface area contributed by atoms with Gasteiger partial charge in [-0.3, -0.25) is 4.79 Å². The van der Waals surface area contributed by atoms with Gasteiger partial charge in [0.1, 0.15) is 0 Å². The van der Waals surface area contributed by atoms with Gasteiger partial charge in [-0.2, -0.15) is 18.4 Å². The maximum absolute atomic E-state index is 13.1. The number of nitrogens with one attached hydrogen (secondary N) is 1. The molecule has 11 heteroatoms. The molecule has 146 valence electrons. The highest BCUT2D eigenvalue weighted by molar-refractivity contribution is 6.02. The molecule has 0 aliphatic heterocycles. The number of benzene rings is 2. The molecule has 29 heavy (non-hydrogen) atoms. The lowest BCUT2D eigenvalue weighted by molar-refractivity contribution is -0.137. The molecule has 0 spiro atoms. The van der Waals surface area contributed by atoms with E-state index in [1.807, 2.05) is 0 Å².